The van der Waals surface area contributed by atoms with Crippen LogP contribution < -0.4 is 9.64 Å². The van der Waals surface area contributed by atoms with Gasteiger partial charge in [0.05, 0.1) is 17.0 Å². The van der Waals surface area contributed by atoms with Gasteiger partial charge >= 0.3 is 6.09 Å². The van der Waals surface area contributed by atoms with Gasteiger partial charge in [-0.2, -0.15) is 4.98 Å². The number of amides is 1. The molecule has 0 radical (unpaired) electrons. The van der Waals surface area contributed by atoms with Crippen molar-refractivity contribution in [2.45, 2.75) is 37.8 Å². The van der Waals surface area contributed by atoms with Gasteiger partial charge in [0.2, 0.25) is 11.8 Å². The summed E-state index contributed by atoms with van der Waals surface area (Å²) in [5.41, 5.74) is 1.69. The van der Waals surface area contributed by atoms with Crippen molar-refractivity contribution < 1.29 is 24.5 Å². The summed E-state index contributed by atoms with van der Waals surface area (Å²) in [6.07, 6.45) is -1.53. The van der Waals surface area contributed by atoms with Crippen LogP contribution in [-0.4, -0.2) is 75.7 Å². The fourth-order valence-corrected chi connectivity index (χ4v) is 4.36. The van der Waals surface area contributed by atoms with E-state index >= 15 is 0 Å². The Bertz CT molecular complexity index is 1140. The molecule has 0 bridgehead atoms. The SMILES string of the molecule is O=C(OCc1ccccc1)N1CCN(c2nc(O[C@H]3CC[C@H](O)[C@@H]3O)c3ccccc3n2)CC1. The Balaban J connectivity index is 1.26. The summed E-state index contributed by atoms with van der Waals surface area (Å²) in [7, 11) is 0. The van der Waals surface area contributed by atoms with Crippen molar-refractivity contribution in [1.82, 2.24) is 14.9 Å². The molecule has 3 atom stereocenters. The number of hydrogen-bond acceptors (Lipinski definition) is 8. The number of aliphatic hydroxyl groups is 2. The molecule has 9 nitrogen and oxygen atoms in total. The van der Waals surface area contributed by atoms with Crippen molar-refractivity contribution in [2.75, 3.05) is 31.1 Å². The number of anilines is 1. The van der Waals surface area contributed by atoms with Gasteiger partial charge in [0.15, 0.2) is 0 Å². The number of carbonyl (C=O) groups is 1. The Morgan fingerprint density at radius 3 is 2.41 bits per heavy atom. The van der Waals surface area contributed by atoms with E-state index in [0.717, 1.165) is 16.5 Å². The normalized spacial score (nSPS) is 22.7. The van der Waals surface area contributed by atoms with Gasteiger partial charge in [-0.25, -0.2) is 9.78 Å². The predicted octanol–water partition coefficient (Wildman–Crippen LogP) is 2.35. The maximum absolute atomic E-state index is 12.5. The van der Waals surface area contributed by atoms with Gasteiger partial charge in [-0.1, -0.05) is 42.5 Å². The van der Waals surface area contributed by atoms with E-state index in [1.54, 1.807) is 4.90 Å². The zero-order valence-electron chi connectivity index (χ0n) is 18.8. The number of aromatic nitrogens is 2. The van der Waals surface area contributed by atoms with E-state index in [9.17, 15) is 15.0 Å². The number of rotatable bonds is 5. The summed E-state index contributed by atoms with van der Waals surface area (Å²) >= 11 is 0. The summed E-state index contributed by atoms with van der Waals surface area (Å²) in [4.78, 5) is 25.5. The van der Waals surface area contributed by atoms with Crippen LogP contribution >= 0.6 is 0 Å². The lowest BCUT2D eigenvalue weighted by Gasteiger charge is -2.34. The molecule has 2 aromatic carbocycles. The zero-order valence-corrected chi connectivity index (χ0v) is 18.8. The zero-order chi connectivity index (χ0) is 23.5. The molecule has 1 aromatic heterocycles. The third kappa shape index (κ3) is 4.76. The van der Waals surface area contributed by atoms with Gasteiger partial charge in [0, 0.05) is 26.2 Å². The van der Waals surface area contributed by atoms with Gasteiger partial charge in [0.25, 0.3) is 0 Å². The highest BCUT2D eigenvalue weighted by molar-refractivity contribution is 5.84. The molecule has 2 heterocycles. The topological polar surface area (TPSA) is 108 Å². The molecule has 0 unspecified atom stereocenters. The number of ether oxygens (including phenoxy) is 2. The Kier molecular flexibility index (Phi) is 6.46. The number of fused-ring (bicyclic) bond motifs is 1. The minimum atomic E-state index is -0.942. The lowest BCUT2D eigenvalue weighted by molar-refractivity contribution is -0.00958. The molecule has 1 aliphatic carbocycles. The van der Waals surface area contributed by atoms with Crippen LogP contribution in [0.4, 0.5) is 10.7 Å². The van der Waals surface area contributed by atoms with Crippen LogP contribution in [0.25, 0.3) is 10.9 Å². The summed E-state index contributed by atoms with van der Waals surface area (Å²) in [6.45, 7) is 2.35. The Morgan fingerprint density at radius 1 is 0.941 bits per heavy atom. The third-order valence-corrected chi connectivity index (χ3v) is 6.37. The van der Waals surface area contributed by atoms with Crippen LogP contribution in [0.3, 0.4) is 0 Å². The van der Waals surface area contributed by atoms with Crippen molar-refractivity contribution >= 4 is 22.9 Å². The van der Waals surface area contributed by atoms with E-state index in [0.29, 0.717) is 50.8 Å². The number of nitrogens with zero attached hydrogens (tertiary/aromatic N) is 4. The van der Waals surface area contributed by atoms with Crippen LogP contribution in [0.1, 0.15) is 18.4 Å². The fraction of sp³-hybridized carbons (Fsp3) is 0.400. The minimum absolute atomic E-state index is 0.246. The van der Waals surface area contributed by atoms with Crippen LogP contribution in [-0.2, 0) is 11.3 Å². The van der Waals surface area contributed by atoms with Gasteiger partial charge in [0.1, 0.15) is 18.8 Å². The fourth-order valence-electron chi connectivity index (χ4n) is 4.36. The second kappa shape index (κ2) is 9.82. The van der Waals surface area contributed by atoms with Crippen LogP contribution in [0.2, 0.25) is 0 Å². The van der Waals surface area contributed by atoms with Crippen molar-refractivity contribution in [3.8, 4) is 5.88 Å². The van der Waals surface area contributed by atoms with Gasteiger partial charge in [-0.3, -0.25) is 0 Å². The number of para-hydroxylation sites is 1. The van der Waals surface area contributed by atoms with Crippen LogP contribution in [0, 0.1) is 0 Å². The van der Waals surface area contributed by atoms with E-state index in [1.807, 2.05) is 59.5 Å². The number of carbonyl (C=O) groups excluding carboxylic acids is 1. The maximum Gasteiger partial charge on any atom is 0.410 e. The molecule has 1 amide bonds. The second-order valence-electron chi connectivity index (χ2n) is 8.65. The lowest BCUT2D eigenvalue weighted by Crippen LogP contribution is -2.49. The van der Waals surface area contributed by atoms with Crippen molar-refractivity contribution in [1.29, 1.82) is 0 Å². The molecule has 0 spiro atoms. The predicted molar refractivity (Wildman–Crippen MR) is 126 cm³/mol. The monoisotopic (exact) mass is 464 g/mol. The van der Waals surface area contributed by atoms with Gasteiger partial charge in [-0.05, 0) is 30.5 Å². The Hall–Kier alpha value is -3.43. The first-order valence-corrected chi connectivity index (χ1v) is 11.6. The van der Waals surface area contributed by atoms with E-state index in [4.69, 9.17) is 14.5 Å². The maximum atomic E-state index is 12.5. The van der Waals surface area contributed by atoms with Gasteiger partial charge in [-0.15, -0.1) is 0 Å². The standard InChI is InChI=1S/C25H28N4O5/c30-20-10-11-21(22(20)31)34-23-18-8-4-5-9-19(18)26-24(27-23)28-12-14-29(15-13-28)25(32)33-16-17-6-2-1-3-7-17/h1-9,20-22,30-31H,10-16H2/t20-,21-,22-/m0/s1. The van der Waals surface area contributed by atoms with Crippen LogP contribution in [0.5, 0.6) is 5.88 Å². The minimum Gasteiger partial charge on any atom is -0.471 e. The highest BCUT2D eigenvalue weighted by Crippen LogP contribution is 2.30. The first kappa shape index (κ1) is 22.4. The number of hydrogen-bond donors (Lipinski definition) is 2. The molecule has 1 aliphatic heterocycles. The van der Waals surface area contributed by atoms with E-state index in [2.05, 4.69) is 4.98 Å². The first-order valence-electron chi connectivity index (χ1n) is 11.6. The van der Waals surface area contributed by atoms with Crippen LogP contribution in [0.15, 0.2) is 54.6 Å². The molecule has 2 fully saturated rings. The van der Waals surface area contributed by atoms with Crippen molar-refractivity contribution in [3.63, 3.8) is 0 Å². The first-order chi connectivity index (χ1) is 16.6. The van der Waals surface area contributed by atoms with E-state index in [-0.39, 0.29) is 12.7 Å². The highest BCUT2D eigenvalue weighted by Gasteiger charge is 2.36. The Morgan fingerprint density at radius 2 is 1.68 bits per heavy atom. The largest absolute Gasteiger partial charge is 0.471 e. The average molecular weight is 465 g/mol. The molecular weight excluding hydrogens is 436 g/mol. The molecule has 9 heteroatoms. The van der Waals surface area contributed by atoms with E-state index in [1.165, 1.54) is 0 Å². The molecule has 2 N–H and O–H groups in total. The summed E-state index contributed by atoms with van der Waals surface area (Å²) < 4.78 is 11.5. The number of benzene rings is 2. The quantitative estimate of drug-likeness (QED) is 0.593. The van der Waals surface area contributed by atoms with Crippen molar-refractivity contribution in [2.24, 2.45) is 0 Å². The molecule has 1 saturated carbocycles. The lowest BCUT2D eigenvalue weighted by atomic mass is 10.2. The van der Waals surface area contributed by atoms with E-state index < -0.39 is 18.3 Å². The van der Waals surface area contributed by atoms with Gasteiger partial charge < -0.3 is 29.5 Å². The molecule has 5 rings (SSSR count). The second-order valence-corrected chi connectivity index (χ2v) is 8.65. The highest BCUT2D eigenvalue weighted by atomic mass is 16.6. The molecule has 3 aromatic rings. The Labute approximate surface area is 197 Å². The third-order valence-electron chi connectivity index (χ3n) is 6.37. The molecule has 34 heavy (non-hydrogen) atoms. The number of aliphatic hydroxyl groups excluding tert-OH is 2. The molecule has 178 valence electrons. The number of piperazine rings is 1. The summed E-state index contributed by atoms with van der Waals surface area (Å²) in [5, 5.41) is 20.9. The smallest absolute Gasteiger partial charge is 0.410 e. The summed E-state index contributed by atoms with van der Waals surface area (Å²) in [5.74, 6) is 0.905. The van der Waals surface area contributed by atoms with Crippen molar-refractivity contribution in [3.05, 3.63) is 60.2 Å². The molecule has 2 aliphatic rings. The summed E-state index contributed by atoms with van der Waals surface area (Å²) in [6, 6.07) is 17.2. The molecule has 1 saturated heterocycles. The average Bonchev–Trinajstić information content (AvgIpc) is 3.20. The molecular formula is C25H28N4O5.